The van der Waals surface area contributed by atoms with Crippen molar-refractivity contribution >= 4 is 16.8 Å². The molecule has 0 saturated heterocycles. The van der Waals surface area contributed by atoms with Gasteiger partial charge in [-0.15, -0.1) is 0 Å². The summed E-state index contributed by atoms with van der Waals surface area (Å²) in [5.74, 6) is 0.528. The maximum Gasteiger partial charge on any atom is 0.257 e. The summed E-state index contributed by atoms with van der Waals surface area (Å²) in [6.45, 7) is 1.96. The predicted molar refractivity (Wildman–Crippen MR) is 66.0 cm³/mol. The molecule has 4 heteroatoms. The molecular formula is C13H14N2O2. The Morgan fingerprint density at radius 3 is 2.94 bits per heavy atom. The van der Waals surface area contributed by atoms with Gasteiger partial charge in [0.1, 0.15) is 5.75 Å². The summed E-state index contributed by atoms with van der Waals surface area (Å²) in [5.41, 5.74) is 1.83. The molecule has 0 radical (unpaired) electrons. The zero-order chi connectivity index (χ0) is 12.3. The topological polar surface area (TPSA) is 51.2 Å². The molecule has 0 aliphatic heterocycles. The molecule has 0 unspecified atom stereocenters. The van der Waals surface area contributed by atoms with Gasteiger partial charge in [0.05, 0.1) is 5.52 Å². The maximum atomic E-state index is 11.1. The molecule has 0 saturated carbocycles. The monoisotopic (exact) mass is 230 g/mol. The van der Waals surface area contributed by atoms with Gasteiger partial charge in [-0.3, -0.25) is 9.78 Å². The van der Waals surface area contributed by atoms with Gasteiger partial charge in [-0.25, -0.2) is 0 Å². The van der Waals surface area contributed by atoms with Gasteiger partial charge in [0, 0.05) is 18.1 Å². The lowest BCUT2D eigenvalue weighted by molar-refractivity contribution is -0.122. The molecule has 2 aromatic rings. The van der Waals surface area contributed by atoms with Crippen molar-refractivity contribution < 1.29 is 9.53 Å². The highest BCUT2D eigenvalue weighted by Gasteiger charge is 2.05. The van der Waals surface area contributed by atoms with Crippen LogP contribution in [0.1, 0.15) is 5.69 Å². The van der Waals surface area contributed by atoms with Gasteiger partial charge in [0.25, 0.3) is 5.91 Å². The van der Waals surface area contributed by atoms with Crippen molar-refractivity contribution in [1.82, 2.24) is 10.3 Å². The van der Waals surface area contributed by atoms with Gasteiger partial charge in [-0.2, -0.15) is 0 Å². The first-order chi connectivity index (χ1) is 8.20. The number of hydrogen-bond donors (Lipinski definition) is 1. The minimum Gasteiger partial charge on any atom is -0.483 e. The number of benzene rings is 1. The molecule has 0 aliphatic carbocycles. The third kappa shape index (κ3) is 2.53. The summed E-state index contributed by atoms with van der Waals surface area (Å²) in [7, 11) is 1.58. The highest BCUT2D eigenvalue weighted by atomic mass is 16.5. The van der Waals surface area contributed by atoms with E-state index in [2.05, 4.69) is 10.3 Å². The van der Waals surface area contributed by atoms with Gasteiger partial charge in [0.15, 0.2) is 6.61 Å². The van der Waals surface area contributed by atoms with E-state index in [9.17, 15) is 4.79 Å². The van der Waals surface area contributed by atoms with E-state index >= 15 is 0 Å². The first kappa shape index (κ1) is 11.4. The van der Waals surface area contributed by atoms with Crippen LogP contribution in [0.5, 0.6) is 5.75 Å². The SMILES string of the molecule is CNC(=O)COc1cccc2nc(C)ccc12. The lowest BCUT2D eigenvalue weighted by atomic mass is 10.2. The lowest BCUT2D eigenvalue weighted by Crippen LogP contribution is -2.24. The zero-order valence-corrected chi connectivity index (χ0v) is 9.86. The van der Waals surface area contributed by atoms with E-state index in [1.165, 1.54) is 0 Å². The number of carbonyl (C=O) groups excluding carboxylic acids is 1. The van der Waals surface area contributed by atoms with Crippen molar-refractivity contribution in [3.8, 4) is 5.75 Å². The second kappa shape index (κ2) is 4.82. The lowest BCUT2D eigenvalue weighted by Gasteiger charge is -2.08. The fourth-order valence-electron chi connectivity index (χ4n) is 1.57. The minimum absolute atomic E-state index is 0.0174. The summed E-state index contributed by atoms with van der Waals surface area (Å²) in [6.07, 6.45) is 0. The molecule has 1 aromatic carbocycles. The van der Waals surface area contributed by atoms with E-state index < -0.39 is 0 Å². The molecule has 1 aromatic heterocycles. The van der Waals surface area contributed by atoms with E-state index in [4.69, 9.17) is 4.74 Å². The number of likely N-dealkylation sites (N-methyl/N-ethyl adjacent to an activating group) is 1. The van der Waals surface area contributed by atoms with E-state index in [1.807, 2.05) is 37.3 Å². The van der Waals surface area contributed by atoms with Crippen molar-refractivity contribution in [3.63, 3.8) is 0 Å². The normalized spacial score (nSPS) is 10.2. The molecular weight excluding hydrogens is 216 g/mol. The maximum absolute atomic E-state index is 11.1. The van der Waals surface area contributed by atoms with Crippen LogP contribution in [0.4, 0.5) is 0 Å². The zero-order valence-electron chi connectivity index (χ0n) is 9.86. The Morgan fingerprint density at radius 1 is 1.35 bits per heavy atom. The van der Waals surface area contributed by atoms with Gasteiger partial charge in [0.2, 0.25) is 0 Å². The number of nitrogens with one attached hydrogen (secondary N) is 1. The molecule has 1 amide bonds. The van der Waals surface area contributed by atoms with Crippen molar-refractivity contribution in [2.45, 2.75) is 6.92 Å². The summed E-state index contributed by atoms with van der Waals surface area (Å²) < 4.78 is 5.46. The van der Waals surface area contributed by atoms with E-state index in [0.717, 1.165) is 16.6 Å². The van der Waals surface area contributed by atoms with Gasteiger partial charge >= 0.3 is 0 Å². The molecule has 4 nitrogen and oxygen atoms in total. The Bertz CT molecular complexity index is 552. The highest BCUT2D eigenvalue weighted by molar-refractivity contribution is 5.85. The van der Waals surface area contributed by atoms with Crippen LogP contribution in [-0.2, 0) is 4.79 Å². The molecule has 17 heavy (non-hydrogen) atoms. The molecule has 88 valence electrons. The van der Waals surface area contributed by atoms with Crippen molar-refractivity contribution in [2.75, 3.05) is 13.7 Å². The van der Waals surface area contributed by atoms with Crippen LogP contribution >= 0.6 is 0 Å². The second-order valence-electron chi connectivity index (χ2n) is 3.74. The number of rotatable bonds is 3. The fraction of sp³-hybridized carbons (Fsp3) is 0.231. The molecule has 0 spiro atoms. The molecule has 2 rings (SSSR count). The quantitative estimate of drug-likeness (QED) is 0.872. The number of aryl methyl sites for hydroxylation is 1. The summed E-state index contributed by atoms with van der Waals surface area (Å²) >= 11 is 0. The molecule has 1 heterocycles. The Hall–Kier alpha value is -2.10. The first-order valence-electron chi connectivity index (χ1n) is 5.40. The molecule has 0 atom stereocenters. The number of fused-ring (bicyclic) bond motifs is 1. The Labute approximate surface area is 99.6 Å². The molecule has 0 aliphatic rings. The largest absolute Gasteiger partial charge is 0.483 e. The molecule has 0 fully saturated rings. The van der Waals surface area contributed by atoms with Crippen molar-refractivity contribution in [3.05, 3.63) is 36.0 Å². The highest BCUT2D eigenvalue weighted by Crippen LogP contribution is 2.24. The summed E-state index contributed by atoms with van der Waals surface area (Å²) in [4.78, 5) is 15.5. The van der Waals surface area contributed by atoms with Crippen LogP contribution in [0.3, 0.4) is 0 Å². The molecule has 1 N–H and O–H groups in total. The van der Waals surface area contributed by atoms with Crippen LogP contribution in [0.2, 0.25) is 0 Å². The number of ether oxygens (including phenoxy) is 1. The van der Waals surface area contributed by atoms with Gasteiger partial charge in [-0.05, 0) is 31.2 Å². The standard InChI is InChI=1S/C13H14N2O2/c1-9-6-7-10-11(15-9)4-3-5-12(10)17-8-13(16)14-2/h3-7H,8H2,1-2H3,(H,14,16). The number of pyridine rings is 1. The number of hydrogen-bond acceptors (Lipinski definition) is 3. The number of carbonyl (C=O) groups is 1. The summed E-state index contributed by atoms with van der Waals surface area (Å²) in [6, 6.07) is 9.51. The average Bonchev–Trinajstić information content (AvgIpc) is 2.35. The van der Waals surface area contributed by atoms with Crippen LogP contribution in [-0.4, -0.2) is 24.5 Å². The Kier molecular flexibility index (Phi) is 3.23. The average molecular weight is 230 g/mol. The van der Waals surface area contributed by atoms with E-state index in [1.54, 1.807) is 7.05 Å². The van der Waals surface area contributed by atoms with Gasteiger partial charge in [-0.1, -0.05) is 6.07 Å². The Balaban J connectivity index is 2.31. The number of amides is 1. The third-order valence-corrected chi connectivity index (χ3v) is 2.47. The smallest absolute Gasteiger partial charge is 0.257 e. The third-order valence-electron chi connectivity index (χ3n) is 2.47. The minimum atomic E-state index is -0.151. The van der Waals surface area contributed by atoms with Crippen LogP contribution in [0.25, 0.3) is 10.9 Å². The number of nitrogens with zero attached hydrogens (tertiary/aromatic N) is 1. The van der Waals surface area contributed by atoms with Crippen molar-refractivity contribution in [2.24, 2.45) is 0 Å². The predicted octanol–water partition coefficient (Wildman–Crippen LogP) is 1.67. The van der Waals surface area contributed by atoms with Crippen LogP contribution in [0.15, 0.2) is 30.3 Å². The van der Waals surface area contributed by atoms with E-state index in [0.29, 0.717) is 5.75 Å². The van der Waals surface area contributed by atoms with Gasteiger partial charge < -0.3 is 10.1 Å². The van der Waals surface area contributed by atoms with Crippen molar-refractivity contribution in [1.29, 1.82) is 0 Å². The van der Waals surface area contributed by atoms with Crippen LogP contribution < -0.4 is 10.1 Å². The fourth-order valence-corrected chi connectivity index (χ4v) is 1.57. The second-order valence-corrected chi connectivity index (χ2v) is 3.74. The Morgan fingerprint density at radius 2 is 2.18 bits per heavy atom. The summed E-state index contributed by atoms with van der Waals surface area (Å²) in [5, 5.41) is 3.43. The first-order valence-corrected chi connectivity index (χ1v) is 5.40. The van der Waals surface area contributed by atoms with Crippen LogP contribution in [0, 0.1) is 6.92 Å². The molecule has 0 bridgehead atoms. The number of aromatic nitrogens is 1. The van der Waals surface area contributed by atoms with E-state index in [-0.39, 0.29) is 12.5 Å².